The summed E-state index contributed by atoms with van der Waals surface area (Å²) in [5.74, 6) is -0.673. The van der Waals surface area contributed by atoms with Crippen molar-refractivity contribution in [2.75, 3.05) is 23.8 Å². The molecule has 0 radical (unpaired) electrons. The molecule has 1 aromatic heterocycles. The van der Waals surface area contributed by atoms with Crippen LogP contribution in [-0.2, 0) is 9.59 Å². The molecular formula is C25H27N5O3. The summed E-state index contributed by atoms with van der Waals surface area (Å²) >= 11 is 0. The number of para-hydroxylation sites is 3. The van der Waals surface area contributed by atoms with E-state index in [4.69, 9.17) is 0 Å². The zero-order chi connectivity index (χ0) is 23.7. The Hall–Kier alpha value is -3.94. The number of rotatable bonds is 4. The third-order valence-corrected chi connectivity index (χ3v) is 5.85. The number of nitrogens with zero attached hydrogens (tertiary/aromatic N) is 4. The molecule has 1 aliphatic heterocycles. The van der Waals surface area contributed by atoms with Crippen molar-refractivity contribution in [2.45, 2.75) is 33.2 Å². The van der Waals surface area contributed by atoms with Gasteiger partial charge in [-0.3, -0.25) is 14.4 Å². The summed E-state index contributed by atoms with van der Waals surface area (Å²) in [6.45, 7) is 5.35. The summed E-state index contributed by atoms with van der Waals surface area (Å²) in [5.41, 5.74) is 3.88. The van der Waals surface area contributed by atoms with E-state index in [0.717, 1.165) is 5.69 Å². The average Bonchev–Trinajstić information content (AvgIpc) is 3.00. The number of carbonyl (C=O) groups is 3. The van der Waals surface area contributed by atoms with E-state index in [1.807, 2.05) is 56.3 Å². The maximum Gasteiger partial charge on any atom is 0.257 e. The Kier molecular flexibility index (Phi) is 6.00. The molecule has 0 aliphatic carbocycles. The van der Waals surface area contributed by atoms with Crippen LogP contribution in [0.1, 0.15) is 35.1 Å². The number of anilines is 2. The second kappa shape index (κ2) is 8.90. The third-order valence-electron chi connectivity index (χ3n) is 5.85. The van der Waals surface area contributed by atoms with Gasteiger partial charge in [-0.25, -0.2) is 4.68 Å². The lowest BCUT2D eigenvalue weighted by atomic mass is 10.1. The minimum absolute atomic E-state index is 0.124. The normalized spacial score (nSPS) is 15.5. The van der Waals surface area contributed by atoms with E-state index in [9.17, 15) is 14.4 Å². The molecule has 0 spiro atoms. The highest BCUT2D eigenvalue weighted by Crippen LogP contribution is 2.31. The molecule has 1 N–H and O–H groups in total. The lowest BCUT2D eigenvalue weighted by Crippen LogP contribution is -2.45. The fourth-order valence-electron chi connectivity index (χ4n) is 4.28. The number of aryl methyl sites for hydroxylation is 1. The summed E-state index contributed by atoms with van der Waals surface area (Å²) in [4.78, 5) is 41.9. The SMILES string of the molecule is Cc1nn(-c2ccccc2)c(C)c1C(=O)N(C)CC(=O)N1c2ccccc2NC(=O)C[C@@H]1C. The van der Waals surface area contributed by atoms with E-state index in [1.54, 1.807) is 35.7 Å². The highest BCUT2D eigenvalue weighted by atomic mass is 16.2. The van der Waals surface area contributed by atoms with Crippen LogP contribution in [0.2, 0.25) is 0 Å². The van der Waals surface area contributed by atoms with Gasteiger partial charge >= 0.3 is 0 Å². The maximum absolute atomic E-state index is 13.3. The number of hydrogen-bond donors (Lipinski definition) is 1. The lowest BCUT2D eigenvalue weighted by molar-refractivity contribution is -0.119. The van der Waals surface area contributed by atoms with Gasteiger partial charge in [0.05, 0.1) is 34.0 Å². The van der Waals surface area contributed by atoms with Crippen LogP contribution < -0.4 is 10.2 Å². The van der Waals surface area contributed by atoms with Crippen LogP contribution in [0.5, 0.6) is 0 Å². The highest BCUT2D eigenvalue weighted by molar-refractivity contribution is 6.06. The van der Waals surface area contributed by atoms with Crippen molar-refractivity contribution in [3.8, 4) is 5.69 Å². The molecule has 0 bridgehead atoms. The first-order valence-corrected chi connectivity index (χ1v) is 10.9. The van der Waals surface area contributed by atoms with Crippen molar-refractivity contribution in [2.24, 2.45) is 0 Å². The largest absolute Gasteiger partial charge is 0.332 e. The Balaban J connectivity index is 1.58. The van der Waals surface area contributed by atoms with Gasteiger partial charge in [-0.2, -0.15) is 5.10 Å². The second-order valence-electron chi connectivity index (χ2n) is 8.34. The van der Waals surface area contributed by atoms with Crippen LogP contribution in [0.4, 0.5) is 11.4 Å². The van der Waals surface area contributed by atoms with Gasteiger partial charge in [0.15, 0.2) is 0 Å². The minimum atomic E-state index is -0.339. The number of hydrogen-bond acceptors (Lipinski definition) is 4. The van der Waals surface area contributed by atoms with Gasteiger partial charge in [0.25, 0.3) is 5.91 Å². The van der Waals surface area contributed by atoms with Gasteiger partial charge in [-0.05, 0) is 45.0 Å². The Bertz CT molecular complexity index is 1220. The van der Waals surface area contributed by atoms with Crippen molar-refractivity contribution < 1.29 is 14.4 Å². The molecular weight excluding hydrogens is 418 g/mol. The molecule has 170 valence electrons. The number of benzene rings is 2. The van der Waals surface area contributed by atoms with Gasteiger partial charge in [-0.15, -0.1) is 0 Å². The Morgan fingerprint density at radius 1 is 1.09 bits per heavy atom. The molecule has 1 atom stereocenters. The predicted octanol–water partition coefficient (Wildman–Crippen LogP) is 3.33. The molecule has 8 heteroatoms. The third kappa shape index (κ3) is 4.24. The molecule has 0 saturated heterocycles. The fraction of sp³-hybridized carbons (Fsp3) is 0.280. The molecule has 3 amide bonds. The highest BCUT2D eigenvalue weighted by Gasteiger charge is 2.31. The van der Waals surface area contributed by atoms with Crippen molar-refractivity contribution in [3.05, 3.63) is 71.5 Å². The summed E-state index contributed by atoms with van der Waals surface area (Å²) in [6, 6.07) is 16.5. The van der Waals surface area contributed by atoms with Gasteiger partial charge in [0.1, 0.15) is 6.54 Å². The van der Waals surface area contributed by atoms with Crippen molar-refractivity contribution >= 4 is 29.1 Å². The van der Waals surface area contributed by atoms with Gasteiger partial charge in [0.2, 0.25) is 11.8 Å². The number of likely N-dealkylation sites (N-methyl/N-ethyl adjacent to an activating group) is 1. The number of aromatic nitrogens is 2. The van der Waals surface area contributed by atoms with Gasteiger partial charge in [-0.1, -0.05) is 30.3 Å². The maximum atomic E-state index is 13.3. The van der Waals surface area contributed by atoms with E-state index in [2.05, 4.69) is 10.4 Å². The number of amides is 3. The van der Waals surface area contributed by atoms with E-state index in [1.165, 1.54) is 4.90 Å². The summed E-state index contributed by atoms with van der Waals surface area (Å²) in [6.07, 6.45) is 0.181. The molecule has 0 fully saturated rings. The van der Waals surface area contributed by atoms with E-state index in [0.29, 0.717) is 28.3 Å². The monoisotopic (exact) mass is 445 g/mol. The van der Waals surface area contributed by atoms with E-state index >= 15 is 0 Å². The molecule has 4 rings (SSSR count). The molecule has 2 aromatic carbocycles. The van der Waals surface area contributed by atoms with Crippen LogP contribution in [0.15, 0.2) is 54.6 Å². The Labute approximate surface area is 192 Å². The smallest absolute Gasteiger partial charge is 0.257 e. The fourth-order valence-corrected chi connectivity index (χ4v) is 4.28. The van der Waals surface area contributed by atoms with Crippen LogP contribution in [0.25, 0.3) is 5.69 Å². The van der Waals surface area contributed by atoms with Crippen LogP contribution in [0.3, 0.4) is 0 Å². The average molecular weight is 446 g/mol. The Morgan fingerprint density at radius 2 is 1.76 bits per heavy atom. The zero-order valence-corrected chi connectivity index (χ0v) is 19.2. The molecule has 2 heterocycles. The molecule has 33 heavy (non-hydrogen) atoms. The van der Waals surface area contributed by atoms with Crippen LogP contribution in [0, 0.1) is 13.8 Å². The summed E-state index contributed by atoms with van der Waals surface area (Å²) in [5, 5.41) is 7.39. The molecule has 0 saturated carbocycles. The standard InChI is InChI=1S/C25H27N5O3/c1-16-14-22(31)26-20-12-8-9-13-21(20)29(16)23(32)15-28(4)25(33)24-17(2)27-30(18(24)3)19-10-6-5-7-11-19/h5-13,16H,14-15H2,1-4H3,(H,26,31)/t16-/m0/s1. The quantitative estimate of drug-likeness (QED) is 0.667. The number of fused-ring (bicyclic) bond motifs is 1. The van der Waals surface area contributed by atoms with Crippen molar-refractivity contribution in [1.82, 2.24) is 14.7 Å². The Morgan fingerprint density at radius 3 is 2.48 bits per heavy atom. The first-order chi connectivity index (χ1) is 15.8. The predicted molar refractivity (Wildman–Crippen MR) is 127 cm³/mol. The van der Waals surface area contributed by atoms with E-state index in [-0.39, 0.29) is 36.7 Å². The minimum Gasteiger partial charge on any atom is -0.332 e. The van der Waals surface area contributed by atoms with Crippen molar-refractivity contribution in [1.29, 1.82) is 0 Å². The molecule has 0 unspecified atom stereocenters. The van der Waals surface area contributed by atoms with Gasteiger partial charge in [0, 0.05) is 19.5 Å². The first-order valence-electron chi connectivity index (χ1n) is 10.9. The second-order valence-corrected chi connectivity index (χ2v) is 8.34. The molecule has 1 aliphatic rings. The van der Waals surface area contributed by atoms with E-state index < -0.39 is 0 Å². The molecule has 8 nitrogen and oxygen atoms in total. The van der Waals surface area contributed by atoms with Crippen LogP contribution >= 0.6 is 0 Å². The summed E-state index contributed by atoms with van der Waals surface area (Å²) in [7, 11) is 1.61. The lowest BCUT2D eigenvalue weighted by Gasteiger charge is -2.29. The van der Waals surface area contributed by atoms with Crippen molar-refractivity contribution in [3.63, 3.8) is 0 Å². The number of carbonyl (C=O) groups excluding carboxylic acids is 3. The first kappa shape index (κ1) is 22.3. The molecule has 3 aromatic rings. The number of nitrogens with one attached hydrogen (secondary N) is 1. The van der Waals surface area contributed by atoms with Gasteiger partial charge < -0.3 is 15.1 Å². The summed E-state index contributed by atoms with van der Waals surface area (Å²) < 4.78 is 1.74. The van der Waals surface area contributed by atoms with Crippen LogP contribution in [-0.4, -0.2) is 52.0 Å². The zero-order valence-electron chi connectivity index (χ0n) is 19.2. The topological polar surface area (TPSA) is 87.5 Å².